The van der Waals surface area contributed by atoms with Gasteiger partial charge < -0.3 is 5.32 Å². The molecule has 1 fully saturated rings. The zero-order valence-corrected chi connectivity index (χ0v) is 15.6. The van der Waals surface area contributed by atoms with Crippen molar-refractivity contribution in [2.75, 3.05) is 11.1 Å². The van der Waals surface area contributed by atoms with Gasteiger partial charge in [-0.1, -0.05) is 31.9 Å². The van der Waals surface area contributed by atoms with Gasteiger partial charge in [0.25, 0.3) is 0 Å². The highest BCUT2D eigenvalue weighted by Gasteiger charge is 2.18. The van der Waals surface area contributed by atoms with Gasteiger partial charge in [-0.15, -0.1) is 10.2 Å². The number of hydrogen-bond donors (Lipinski definition) is 1. The molecule has 2 aromatic rings. The van der Waals surface area contributed by atoms with Crippen LogP contribution < -0.4 is 5.32 Å². The first-order chi connectivity index (χ1) is 12.5. The molecule has 1 saturated carbocycles. The van der Waals surface area contributed by atoms with Gasteiger partial charge in [-0.25, -0.2) is 8.42 Å². The van der Waals surface area contributed by atoms with Gasteiger partial charge in [-0.3, -0.25) is 4.79 Å². The minimum atomic E-state index is -3.35. The van der Waals surface area contributed by atoms with Gasteiger partial charge in [-0.05, 0) is 43.0 Å². The van der Waals surface area contributed by atoms with Crippen molar-refractivity contribution in [2.45, 2.75) is 44.1 Å². The number of amides is 1. The largest absolute Gasteiger partial charge is 0.326 e. The van der Waals surface area contributed by atoms with Crippen molar-refractivity contribution in [1.29, 1.82) is 0 Å². The lowest BCUT2D eigenvalue weighted by atomic mass is 10.0. The van der Waals surface area contributed by atoms with Crippen LogP contribution in [0, 0.1) is 5.92 Å². The van der Waals surface area contributed by atoms with Gasteiger partial charge in [0.05, 0.1) is 11.4 Å². The van der Waals surface area contributed by atoms with Crippen molar-refractivity contribution < 1.29 is 13.2 Å². The maximum Gasteiger partial charge on any atom is 0.224 e. The minimum absolute atomic E-state index is 0.00369. The molecule has 0 aliphatic heterocycles. The van der Waals surface area contributed by atoms with E-state index in [-0.39, 0.29) is 16.7 Å². The molecule has 0 spiro atoms. The second kappa shape index (κ2) is 7.95. The molecule has 1 heterocycles. The molecule has 0 unspecified atom stereocenters. The van der Waals surface area contributed by atoms with Crippen LogP contribution in [0.1, 0.15) is 39.0 Å². The van der Waals surface area contributed by atoms with Gasteiger partial charge >= 0.3 is 0 Å². The number of benzene rings is 1. The van der Waals surface area contributed by atoms with Crippen LogP contribution in [0.15, 0.2) is 41.4 Å². The fraction of sp³-hybridized carbons (Fsp3) is 0.421. The monoisotopic (exact) mass is 373 g/mol. The molecule has 6 nitrogen and oxygen atoms in total. The maximum atomic E-state index is 12.1. The fourth-order valence-corrected chi connectivity index (χ4v) is 3.94. The van der Waals surface area contributed by atoms with Crippen molar-refractivity contribution in [3.8, 4) is 11.3 Å². The van der Waals surface area contributed by atoms with Crippen LogP contribution >= 0.6 is 0 Å². The number of aromatic nitrogens is 2. The van der Waals surface area contributed by atoms with E-state index in [4.69, 9.17) is 0 Å². The van der Waals surface area contributed by atoms with Crippen LogP contribution in [-0.4, -0.2) is 30.3 Å². The molecule has 0 radical (unpaired) electrons. The third-order valence-corrected chi connectivity index (χ3v) is 6.37. The van der Waals surface area contributed by atoms with E-state index in [0.29, 0.717) is 18.0 Å². The van der Waals surface area contributed by atoms with E-state index in [9.17, 15) is 13.2 Å². The average Bonchev–Trinajstić information content (AvgIpc) is 3.15. The standard InChI is InChI=1S/C19H23N3O3S/c1-2-26(24,25)19-12-11-17(21-22-19)15-7-9-16(10-8-15)20-18(23)13-14-5-3-4-6-14/h7-12,14H,2-6,13H2,1H3,(H,20,23). The van der Waals surface area contributed by atoms with E-state index in [1.54, 1.807) is 13.0 Å². The summed E-state index contributed by atoms with van der Waals surface area (Å²) in [5, 5.41) is 10.7. The lowest BCUT2D eigenvalue weighted by Gasteiger charge is -2.10. The first kappa shape index (κ1) is 18.5. The van der Waals surface area contributed by atoms with Crippen LogP contribution in [0.3, 0.4) is 0 Å². The first-order valence-corrected chi connectivity index (χ1v) is 10.6. The first-order valence-electron chi connectivity index (χ1n) is 8.94. The van der Waals surface area contributed by atoms with Gasteiger partial charge in [0.15, 0.2) is 14.9 Å². The highest BCUT2D eigenvalue weighted by Crippen LogP contribution is 2.28. The summed E-state index contributed by atoms with van der Waals surface area (Å²) in [5.74, 6) is 0.567. The van der Waals surface area contributed by atoms with Gasteiger partial charge in [0.2, 0.25) is 5.91 Å². The Bertz CT molecular complexity index is 856. The molecule has 26 heavy (non-hydrogen) atoms. The number of anilines is 1. The molecule has 1 aliphatic rings. The highest BCUT2D eigenvalue weighted by atomic mass is 32.2. The molecule has 1 aromatic carbocycles. The van der Waals surface area contributed by atoms with E-state index >= 15 is 0 Å². The van der Waals surface area contributed by atoms with Crippen LogP contribution in [0.25, 0.3) is 11.3 Å². The number of carbonyl (C=O) groups is 1. The molecular weight excluding hydrogens is 350 g/mol. The number of sulfone groups is 1. The van der Waals surface area contributed by atoms with Gasteiger partial charge in [-0.2, -0.15) is 0 Å². The quantitative estimate of drug-likeness (QED) is 0.838. The Kier molecular flexibility index (Phi) is 5.66. The lowest BCUT2D eigenvalue weighted by molar-refractivity contribution is -0.117. The number of carbonyl (C=O) groups excluding carboxylic acids is 1. The zero-order valence-electron chi connectivity index (χ0n) is 14.8. The number of hydrogen-bond acceptors (Lipinski definition) is 5. The average molecular weight is 373 g/mol. The summed E-state index contributed by atoms with van der Waals surface area (Å²) in [7, 11) is -3.35. The van der Waals surface area contributed by atoms with Crippen molar-refractivity contribution in [3.63, 3.8) is 0 Å². The van der Waals surface area contributed by atoms with Gasteiger partial charge in [0.1, 0.15) is 0 Å². The molecule has 1 aliphatic carbocycles. The minimum Gasteiger partial charge on any atom is -0.326 e. The Labute approximate surface area is 154 Å². The lowest BCUT2D eigenvalue weighted by Crippen LogP contribution is -2.15. The van der Waals surface area contributed by atoms with E-state index in [1.165, 1.54) is 18.9 Å². The van der Waals surface area contributed by atoms with Crippen molar-refractivity contribution in [2.24, 2.45) is 5.92 Å². The molecule has 138 valence electrons. The summed E-state index contributed by atoms with van der Waals surface area (Å²) in [6, 6.07) is 10.4. The van der Waals surface area contributed by atoms with Gasteiger partial charge in [0, 0.05) is 17.7 Å². The summed E-state index contributed by atoms with van der Waals surface area (Å²) in [6.07, 6.45) is 5.34. The summed E-state index contributed by atoms with van der Waals surface area (Å²) < 4.78 is 23.6. The smallest absolute Gasteiger partial charge is 0.224 e. The fourth-order valence-electron chi connectivity index (χ4n) is 3.20. The Morgan fingerprint density at radius 3 is 2.35 bits per heavy atom. The molecule has 0 atom stereocenters. The Morgan fingerprint density at radius 2 is 1.77 bits per heavy atom. The van der Waals surface area contributed by atoms with Crippen molar-refractivity contribution >= 4 is 21.4 Å². The molecule has 1 amide bonds. The number of nitrogens with zero attached hydrogens (tertiary/aromatic N) is 2. The summed E-state index contributed by atoms with van der Waals surface area (Å²) in [5.41, 5.74) is 2.14. The molecule has 0 bridgehead atoms. The van der Waals surface area contributed by atoms with Crippen molar-refractivity contribution in [1.82, 2.24) is 10.2 Å². The molecule has 1 aromatic heterocycles. The maximum absolute atomic E-state index is 12.1. The molecule has 0 saturated heterocycles. The normalized spacial score (nSPS) is 15.1. The van der Waals surface area contributed by atoms with E-state index < -0.39 is 9.84 Å². The second-order valence-corrected chi connectivity index (χ2v) is 8.87. The summed E-state index contributed by atoms with van der Waals surface area (Å²) >= 11 is 0. The molecular formula is C19H23N3O3S. The van der Waals surface area contributed by atoms with Crippen LogP contribution in [0.2, 0.25) is 0 Å². The summed E-state index contributed by atoms with van der Waals surface area (Å²) in [6.45, 7) is 1.57. The predicted molar refractivity (Wildman–Crippen MR) is 100 cm³/mol. The van der Waals surface area contributed by atoms with E-state index in [1.807, 2.05) is 24.3 Å². The third-order valence-electron chi connectivity index (χ3n) is 4.75. The van der Waals surface area contributed by atoms with E-state index in [0.717, 1.165) is 24.1 Å². The Morgan fingerprint density at radius 1 is 1.08 bits per heavy atom. The van der Waals surface area contributed by atoms with Crippen LogP contribution in [-0.2, 0) is 14.6 Å². The van der Waals surface area contributed by atoms with E-state index in [2.05, 4.69) is 15.5 Å². The van der Waals surface area contributed by atoms with Crippen LogP contribution in [0.4, 0.5) is 5.69 Å². The summed E-state index contributed by atoms with van der Waals surface area (Å²) in [4.78, 5) is 12.1. The van der Waals surface area contributed by atoms with Crippen molar-refractivity contribution in [3.05, 3.63) is 36.4 Å². The third kappa shape index (κ3) is 4.46. The zero-order chi connectivity index (χ0) is 18.6. The predicted octanol–water partition coefficient (Wildman–Crippen LogP) is 3.46. The molecule has 1 N–H and O–H groups in total. The highest BCUT2D eigenvalue weighted by molar-refractivity contribution is 7.91. The topological polar surface area (TPSA) is 89.0 Å². The number of nitrogens with one attached hydrogen (secondary N) is 1. The second-order valence-electron chi connectivity index (χ2n) is 6.64. The van der Waals surface area contributed by atoms with Crippen LogP contribution in [0.5, 0.6) is 0 Å². The Hall–Kier alpha value is -2.28. The Balaban J connectivity index is 1.64. The SMILES string of the molecule is CCS(=O)(=O)c1ccc(-c2ccc(NC(=O)CC3CCCC3)cc2)nn1. The number of rotatable bonds is 6. The molecule has 7 heteroatoms. The molecule has 3 rings (SSSR count).